The maximum absolute atomic E-state index is 5.62. The van der Waals surface area contributed by atoms with E-state index in [1.165, 1.54) is 0 Å². The fraction of sp³-hybridized carbons (Fsp3) is 0.500. The van der Waals surface area contributed by atoms with E-state index < -0.39 is 0 Å². The molecule has 0 radical (unpaired) electrons. The Morgan fingerprint density at radius 3 is 2.94 bits per heavy atom. The van der Waals surface area contributed by atoms with Crippen LogP contribution in [0.25, 0.3) is 0 Å². The molecule has 0 saturated carbocycles. The highest BCUT2D eigenvalue weighted by atomic mass is 79.9. The van der Waals surface area contributed by atoms with E-state index in [1.807, 2.05) is 6.07 Å². The number of rotatable bonds is 4. The molecule has 94 valence electrons. The Morgan fingerprint density at radius 1 is 1.53 bits per heavy atom. The molecule has 0 aromatic heterocycles. The second-order valence-corrected chi connectivity index (χ2v) is 4.87. The third-order valence-corrected chi connectivity index (χ3v) is 3.49. The molecule has 0 aliphatic carbocycles. The summed E-state index contributed by atoms with van der Waals surface area (Å²) < 4.78 is 17.3. The van der Waals surface area contributed by atoms with Crippen LogP contribution in [0, 0.1) is 0 Å². The van der Waals surface area contributed by atoms with Gasteiger partial charge >= 0.3 is 0 Å². The SMILES string of the molecule is COc1c(Br)cc2c(c1C(C)CCN)OCO2. The first-order valence-corrected chi connectivity index (χ1v) is 6.34. The average Bonchev–Trinajstić information content (AvgIpc) is 2.74. The van der Waals surface area contributed by atoms with Crippen molar-refractivity contribution in [2.45, 2.75) is 19.3 Å². The Balaban J connectivity index is 2.53. The van der Waals surface area contributed by atoms with Crippen LogP contribution in [0.2, 0.25) is 0 Å². The minimum Gasteiger partial charge on any atom is -0.495 e. The molecule has 0 bridgehead atoms. The van der Waals surface area contributed by atoms with Crippen molar-refractivity contribution in [1.82, 2.24) is 0 Å². The summed E-state index contributed by atoms with van der Waals surface area (Å²) in [6.45, 7) is 3.00. The molecule has 1 unspecified atom stereocenters. The number of benzene rings is 1. The lowest BCUT2D eigenvalue weighted by Crippen LogP contribution is -2.07. The first-order chi connectivity index (χ1) is 8.19. The van der Waals surface area contributed by atoms with Crippen LogP contribution in [0.3, 0.4) is 0 Å². The molecule has 0 fully saturated rings. The number of ether oxygens (including phenoxy) is 3. The predicted molar refractivity (Wildman–Crippen MR) is 68.9 cm³/mol. The first kappa shape index (κ1) is 12.5. The summed E-state index contributed by atoms with van der Waals surface area (Å²) in [6.07, 6.45) is 0.878. The molecule has 4 nitrogen and oxygen atoms in total. The zero-order valence-electron chi connectivity index (χ0n) is 9.96. The van der Waals surface area contributed by atoms with Gasteiger partial charge in [0.15, 0.2) is 11.5 Å². The summed E-state index contributed by atoms with van der Waals surface area (Å²) in [5.41, 5.74) is 6.64. The molecular formula is C12H16BrNO3. The lowest BCUT2D eigenvalue weighted by Gasteiger charge is -2.18. The second kappa shape index (κ2) is 5.14. The molecule has 0 amide bonds. The van der Waals surface area contributed by atoms with Gasteiger partial charge in [-0.05, 0) is 34.8 Å². The maximum atomic E-state index is 5.62. The maximum Gasteiger partial charge on any atom is 0.231 e. The monoisotopic (exact) mass is 301 g/mol. The molecule has 1 aliphatic heterocycles. The molecule has 0 saturated heterocycles. The van der Waals surface area contributed by atoms with Crippen molar-refractivity contribution < 1.29 is 14.2 Å². The summed E-state index contributed by atoms with van der Waals surface area (Å²) in [5, 5.41) is 0. The van der Waals surface area contributed by atoms with Gasteiger partial charge in [0.05, 0.1) is 11.6 Å². The van der Waals surface area contributed by atoms with Gasteiger partial charge in [-0.2, -0.15) is 0 Å². The quantitative estimate of drug-likeness (QED) is 0.929. The number of methoxy groups -OCH3 is 1. The molecule has 2 N–H and O–H groups in total. The topological polar surface area (TPSA) is 53.7 Å². The van der Waals surface area contributed by atoms with Gasteiger partial charge in [-0.15, -0.1) is 0 Å². The molecule has 17 heavy (non-hydrogen) atoms. The largest absolute Gasteiger partial charge is 0.495 e. The fourth-order valence-electron chi connectivity index (χ4n) is 2.07. The Hall–Kier alpha value is -0.940. The third-order valence-electron chi connectivity index (χ3n) is 2.90. The highest BCUT2D eigenvalue weighted by Crippen LogP contribution is 2.49. The number of hydrogen-bond donors (Lipinski definition) is 1. The van der Waals surface area contributed by atoms with Gasteiger partial charge in [0.25, 0.3) is 0 Å². The lowest BCUT2D eigenvalue weighted by molar-refractivity contribution is 0.172. The lowest BCUT2D eigenvalue weighted by atomic mass is 9.95. The third kappa shape index (κ3) is 2.21. The van der Waals surface area contributed by atoms with E-state index in [4.69, 9.17) is 19.9 Å². The van der Waals surface area contributed by atoms with Crippen LogP contribution in [0.4, 0.5) is 0 Å². The number of hydrogen-bond acceptors (Lipinski definition) is 4. The molecule has 1 aliphatic rings. The molecule has 0 spiro atoms. The standard InChI is InChI=1S/C12H16BrNO3/c1-7(3-4-14)10-11(15-2)8(13)5-9-12(10)17-6-16-9/h5,7H,3-4,6,14H2,1-2H3. The Bertz CT molecular complexity index is 419. The van der Waals surface area contributed by atoms with E-state index >= 15 is 0 Å². The minimum atomic E-state index is 0.261. The smallest absolute Gasteiger partial charge is 0.231 e. The molecule has 5 heteroatoms. The number of nitrogens with two attached hydrogens (primary N) is 1. The van der Waals surface area contributed by atoms with Crippen molar-refractivity contribution in [3.63, 3.8) is 0 Å². The van der Waals surface area contributed by atoms with Crippen LogP contribution in [0.15, 0.2) is 10.5 Å². The summed E-state index contributed by atoms with van der Waals surface area (Å²) in [7, 11) is 1.65. The van der Waals surface area contributed by atoms with Gasteiger partial charge < -0.3 is 19.9 Å². The highest BCUT2D eigenvalue weighted by molar-refractivity contribution is 9.10. The Labute approximate surface area is 109 Å². The van der Waals surface area contributed by atoms with E-state index in [1.54, 1.807) is 7.11 Å². The molecular weight excluding hydrogens is 286 g/mol. The van der Waals surface area contributed by atoms with E-state index in [-0.39, 0.29) is 12.7 Å². The highest BCUT2D eigenvalue weighted by Gasteiger charge is 2.27. The minimum absolute atomic E-state index is 0.261. The van der Waals surface area contributed by atoms with Gasteiger partial charge in [0.2, 0.25) is 6.79 Å². The van der Waals surface area contributed by atoms with Gasteiger partial charge in [-0.1, -0.05) is 6.92 Å². The van der Waals surface area contributed by atoms with E-state index in [0.29, 0.717) is 6.54 Å². The van der Waals surface area contributed by atoms with Crippen molar-refractivity contribution >= 4 is 15.9 Å². The van der Waals surface area contributed by atoms with E-state index in [2.05, 4.69) is 22.9 Å². The molecule has 1 aromatic rings. The second-order valence-electron chi connectivity index (χ2n) is 4.02. The first-order valence-electron chi connectivity index (χ1n) is 5.55. The summed E-state index contributed by atoms with van der Waals surface area (Å²) in [6, 6.07) is 1.87. The van der Waals surface area contributed by atoms with Crippen LogP contribution >= 0.6 is 15.9 Å². The predicted octanol–water partition coefficient (Wildman–Crippen LogP) is 2.64. The van der Waals surface area contributed by atoms with Crippen molar-refractivity contribution in [2.75, 3.05) is 20.4 Å². The molecule has 1 heterocycles. The van der Waals surface area contributed by atoms with Crippen LogP contribution in [0.1, 0.15) is 24.8 Å². The van der Waals surface area contributed by atoms with Crippen molar-refractivity contribution in [1.29, 1.82) is 0 Å². The number of fused-ring (bicyclic) bond motifs is 1. The van der Waals surface area contributed by atoms with Crippen molar-refractivity contribution in [2.24, 2.45) is 5.73 Å². The van der Waals surface area contributed by atoms with E-state index in [9.17, 15) is 0 Å². The zero-order valence-corrected chi connectivity index (χ0v) is 11.5. The van der Waals surface area contributed by atoms with E-state index in [0.717, 1.165) is 33.7 Å². The summed E-state index contributed by atoms with van der Waals surface area (Å²) in [5.74, 6) is 2.61. The fourth-order valence-corrected chi connectivity index (χ4v) is 2.65. The van der Waals surface area contributed by atoms with Crippen LogP contribution in [-0.4, -0.2) is 20.4 Å². The van der Waals surface area contributed by atoms with Gasteiger partial charge in [0.1, 0.15) is 5.75 Å². The summed E-state index contributed by atoms with van der Waals surface area (Å²) in [4.78, 5) is 0. The van der Waals surface area contributed by atoms with Crippen LogP contribution < -0.4 is 19.9 Å². The molecule has 2 rings (SSSR count). The van der Waals surface area contributed by atoms with Gasteiger partial charge in [-0.25, -0.2) is 0 Å². The summed E-state index contributed by atoms with van der Waals surface area (Å²) >= 11 is 3.49. The average molecular weight is 302 g/mol. The zero-order chi connectivity index (χ0) is 12.4. The van der Waals surface area contributed by atoms with Crippen LogP contribution in [-0.2, 0) is 0 Å². The Kier molecular flexibility index (Phi) is 3.79. The Morgan fingerprint density at radius 2 is 2.29 bits per heavy atom. The van der Waals surface area contributed by atoms with Crippen molar-refractivity contribution in [3.8, 4) is 17.2 Å². The number of halogens is 1. The molecule has 1 aromatic carbocycles. The normalized spacial score (nSPS) is 14.8. The van der Waals surface area contributed by atoms with Gasteiger partial charge in [-0.3, -0.25) is 0 Å². The van der Waals surface area contributed by atoms with Gasteiger partial charge in [0, 0.05) is 11.6 Å². The molecule has 1 atom stereocenters. The van der Waals surface area contributed by atoms with Crippen LogP contribution in [0.5, 0.6) is 17.2 Å². The van der Waals surface area contributed by atoms with Crippen molar-refractivity contribution in [3.05, 3.63) is 16.1 Å².